The topological polar surface area (TPSA) is 128 Å². The number of H-pyrrole nitrogens is 1. The highest BCUT2D eigenvalue weighted by atomic mass is 32.2. The van der Waals surface area contributed by atoms with Gasteiger partial charge in [0.15, 0.2) is 5.82 Å². The first-order chi connectivity index (χ1) is 16.6. The number of amides is 1. The van der Waals surface area contributed by atoms with Gasteiger partial charge in [0.2, 0.25) is 0 Å². The van der Waals surface area contributed by atoms with Gasteiger partial charge < -0.3 is 15.6 Å². The zero-order valence-corrected chi connectivity index (χ0v) is 21.4. The van der Waals surface area contributed by atoms with Crippen molar-refractivity contribution in [2.45, 2.75) is 51.4 Å². The molecule has 9 heteroatoms. The first-order valence-corrected chi connectivity index (χ1v) is 13.8. The lowest BCUT2D eigenvalue weighted by atomic mass is 9.73. The lowest BCUT2D eigenvalue weighted by Gasteiger charge is -2.38. The van der Waals surface area contributed by atoms with Crippen LogP contribution in [0.15, 0.2) is 30.5 Å². The summed E-state index contributed by atoms with van der Waals surface area (Å²) >= 11 is 0. The summed E-state index contributed by atoms with van der Waals surface area (Å²) in [4.78, 5) is 19.6. The molecule has 1 aliphatic heterocycles. The van der Waals surface area contributed by atoms with Gasteiger partial charge in [-0.3, -0.25) is 4.79 Å². The lowest BCUT2D eigenvalue weighted by Crippen LogP contribution is -2.43. The predicted octanol–water partition coefficient (Wildman–Crippen LogP) is 3.79. The van der Waals surface area contributed by atoms with Gasteiger partial charge in [-0.25, -0.2) is 13.4 Å². The lowest BCUT2D eigenvalue weighted by molar-refractivity contribution is 0.101. The molecule has 1 amide bonds. The zero-order chi connectivity index (χ0) is 25.3. The van der Waals surface area contributed by atoms with Gasteiger partial charge in [-0.2, -0.15) is 5.26 Å². The number of carbonyl (C=O) groups is 1. The normalized spacial score (nSPS) is 20.5. The number of carbonyl (C=O) groups excluding carboxylic acids is 1. The molecular weight excluding hydrogens is 462 g/mol. The number of aromatic nitrogens is 2. The number of imidazole rings is 1. The summed E-state index contributed by atoms with van der Waals surface area (Å²) in [6.45, 7) is 5.20. The number of hydrogen-bond acceptors (Lipinski definition) is 6. The number of nitrogens with zero attached hydrogens (tertiary/aromatic N) is 2. The molecule has 0 spiro atoms. The molecule has 0 radical (unpaired) electrons. The summed E-state index contributed by atoms with van der Waals surface area (Å²) in [5.41, 5.74) is 4.09. The molecule has 4 rings (SSSR count). The third kappa shape index (κ3) is 5.49. The van der Waals surface area contributed by atoms with Gasteiger partial charge >= 0.3 is 0 Å². The van der Waals surface area contributed by atoms with Crippen LogP contribution in [-0.4, -0.2) is 49.4 Å². The maximum Gasteiger partial charge on any atom is 0.291 e. The fraction of sp³-hybridized carbons (Fsp3) is 0.500. The maximum atomic E-state index is 12.9. The van der Waals surface area contributed by atoms with Crippen LogP contribution in [0, 0.1) is 16.7 Å². The van der Waals surface area contributed by atoms with E-state index in [0.717, 1.165) is 30.4 Å². The minimum absolute atomic E-state index is 0.0828. The Bertz CT molecular complexity index is 1290. The number of nitrogens with one attached hydrogen (secondary N) is 3. The van der Waals surface area contributed by atoms with Crippen LogP contribution in [0.3, 0.4) is 0 Å². The maximum absolute atomic E-state index is 12.9. The van der Waals surface area contributed by atoms with E-state index in [2.05, 4.69) is 46.6 Å². The SMILES string of the molecule is CNCC1(c2ccc(NC(=O)c3ncc(C#N)[nH]3)c(C3=CCC(C)(C)CC3)c2)CCS(=O)(=O)CC1. The molecule has 2 heterocycles. The van der Waals surface area contributed by atoms with Crippen LogP contribution in [-0.2, 0) is 15.3 Å². The Kier molecular flexibility index (Phi) is 6.89. The zero-order valence-electron chi connectivity index (χ0n) is 20.6. The molecule has 35 heavy (non-hydrogen) atoms. The summed E-state index contributed by atoms with van der Waals surface area (Å²) in [6, 6.07) is 8.00. The van der Waals surface area contributed by atoms with Gasteiger partial charge in [0, 0.05) is 23.2 Å². The van der Waals surface area contributed by atoms with Crippen molar-refractivity contribution in [2.24, 2.45) is 5.41 Å². The van der Waals surface area contributed by atoms with Crippen LogP contribution in [0.1, 0.15) is 73.4 Å². The highest BCUT2D eigenvalue weighted by Crippen LogP contribution is 2.43. The number of sulfone groups is 1. The smallest absolute Gasteiger partial charge is 0.291 e. The molecule has 0 atom stereocenters. The summed E-state index contributed by atoms with van der Waals surface area (Å²) in [5.74, 6) is 0.0310. The Morgan fingerprint density at radius 1 is 1.23 bits per heavy atom. The average Bonchev–Trinajstić information content (AvgIpc) is 3.31. The molecule has 1 fully saturated rings. The molecular formula is C26H33N5O3S. The van der Waals surface area contributed by atoms with Crippen LogP contribution < -0.4 is 10.6 Å². The van der Waals surface area contributed by atoms with E-state index >= 15 is 0 Å². The number of benzene rings is 1. The number of nitriles is 1. The Labute approximate surface area is 207 Å². The van der Waals surface area contributed by atoms with Crippen molar-refractivity contribution in [3.05, 3.63) is 53.1 Å². The van der Waals surface area contributed by atoms with Crippen molar-refractivity contribution in [1.29, 1.82) is 5.26 Å². The first-order valence-electron chi connectivity index (χ1n) is 12.0. The molecule has 0 bridgehead atoms. The Morgan fingerprint density at radius 2 is 1.97 bits per heavy atom. The summed E-state index contributed by atoms with van der Waals surface area (Å²) in [5, 5.41) is 15.3. The standard InChI is InChI=1S/C26H33N5O3S/c1-25(2)8-6-18(7-9-25)21-14-19(26(17-28-3)10-12-35(33,34)13-11-26)4-5-22(21)31-24(32)23-29-16-20(15-27)30-23/h4-6,14,16,28H,7-13,17H2,1-3H3,(H,29,30)(H,31,32). The number of allylic oxidation sites excluding steroid dienone is 2. The van der Waals surface area contributed by atoms with Gasteiger partial charge in [-0.05, 0) is 67.8 Å². The second-order valence-electron chi connectivity index (χ2n) is 10.5. The van der Waals surface area contributed by atoms with Gasteiger partial charge in [0.1, 0.15) is 21.6 Å². The van der Waals surface area contributed by atoms with E-state index in [1.807, 2.05) is 25.2 Å². The van der Waals surface area contributed by atoms with Crippen molar-refractivity contribution >= 4 is 27.0 Å². The van der Waals surface area contributed by atoms with E-state index in [1.54, 1.807) is 0 Å². The third-order valence-corrected chi connectivity index (χ3v) is 9.06. The van der Waals surface area contributed by atoms with E-state index in [-0.39, 0.29) is 33.9 Å². The Balaban J connectivity index is 1.73. The predicted molar refractivity (Wildman–Crippen MR) is 137 cm³/mol. The van der Waals surface area contributed by atoms with Crippen molar-refractivity contribution in [1.82, 2.24) is 15.3 Å². The number of anilines is 1. The van der Waals surface area contributed by atoms with Crippen LogP contribution >= 0.6 is 0 Å². The largest absolute Gasteiger partial charge is 0.326 e. The average molecular weight is 496 g/mol. The van der Waals surface area contributed by atoms with Gasteiger partial charge in [-0.15, -0.1) is 0 Å². The monoisotopic (exact) mass is 495 g/mol. The Morgan fingerprint density at radius 3 is 2.57 bits per heavy atom. The van der Waals surface area contributed by atoms with E-state index in [4.69, 9.17) is 5.26 Å². The van der Waals surface area contributed by atoms with Crippen molar-refractivity contribution in [3.8, 4) is 6.07 Å². The van der Waals surface area contributed by atoms with Crippen molar-refractivity contribution < 1.29 is 13.2 Å². The fourth-order valence-electron chi connectivity index (χ4n) is 5.08. The summed E-state index contributed by atoms with van der Waals surface area (Å²) in [6.07, 6.45) is 7.61. The molecule has 1 saturated heterocycles. The van der Waals surface area contributed by atoms with Gasteiger partial charge in [-0.1, -0.05) is 26.0 Å². The molecule has 2 aliphatic rings. The molecule has 1 aromatic carbocycles. The summed E-state index contributed by atoms with van der Waals surface area (Å²) in [7, 11) is -1.11. The Hall–Kier alpha value is -2.96. The highest BCUT2D eigenvalue weighted by molar-refractivity contribution is 7.91. The quantitative estimate of drug-likeness (QED) is 0.559. The van der Waals surface area contributed by atoms with Gasteiger partial charge in [0.25, 0.3) is 5.91 Å². The van der Waals surface area contributed by atoms with E-state index in [1.165, 1.54) is 11.8 Å². The van der Waals surface area contributed by atoms with Crippen molar-refractivity contribution in [3.63, 3.8) is 0 Å². The second kappa shape index (κ2) is 9.59. The molecule has 1 aliphatic carbocycles. The summed E-state index contributed by atoms with van der Waals surface area (Å²) < 4.78 is 24.4. The molecule has 186 valence electrons. The van der Waals surface area contributed by atoms with Crippen molar-refractivity contribution in [2.75, 3.05) is 30.4 Å². The number of hydrogen-bond donors (Lipinski definition) is 3. The molecule has 8 nitrogen and oxygen atoms in total. The second-order valence-corrected chi connectivity index (χ2v) is 12.8. The van der Waals surface area contributed by atoms with Crippen LogP contribution in [0.5, 0.6) is 0 Å². The third-order valence-electron chi connectivity index (χ3n) is 7.41. The van der Waals surface area contributed by atoms with E-state index in [0.29, 0.717) is 25.1 Å². The highest BCUT2D eigenvalue weighted by Gasteiger charge is 2.39. The van der Waals surface area contributed by atoms with E-state index in [9.17, 15) is 13.2 Å². The van der Waals surface area contributed by atoms with E-state index < -0.39 is 15.7 Å². The number of likely N-dealkylation sites (N-methyl/N-ethyl adjacent to an activating group) is 1. The molecule has 0 saturated carbocycles. The molecule has 1 aromatic heterocycles. The fourth-order valence-corrected chi connectivity index (χ4v) is 6.69. The number of aromatic amines is 1. The van der Waals surface area contributed by atoms with Crippen LogP contribution in [0.25, 0.3) is 5.57 Å². The number of rotatable bonds is 6. The molecule has 2 aromatic rings. The van der Waals surface area contributed by atoms with Crippen LogP contribution in [0.4, 0.5) is 5.69 Å². The van der Waals surface area contributed by atoms with Gasteiger partial charge in [0.05, 0.1) is 17.7 Å². The first kappa shape index (κ1) is 25.1. The minimum atomic E-state index is -3.01. The molecule has 3 N–H and O–H groups in total. The minimum Gasteiger partial charge on any atom is -0.326 e. The molecule has 0 unspecified atom stereocenters. The van der Waals surface area contributed by atoms with Crippen LogP contribution in [0.2, 0.25) is 0 Å².